The summed E-state index contributed by atoms with van der Waals surface area (Å²) in [4.78, 5) is 17.3. The number of carbonyl (C=O) groups is 1. The van der Waals surface area contributed by atoms with Gasteiger partial charge < -0.3 is 14.4 Å². The highest BCUT2D eigenvalue weighted by atomic mass is 16.5. The van der Waals surface area contributed by atoms with Crippen molar-refractivity contribution in [1.29, 1.82) is 0 Å². The fraction of sp³-hybridized carbons (Fsp3) is 0.409. The molecule has 2 fully saturated rings. The van der Waals surface area contributed by atoms with Crippen LogP contribution in [-0.2, 0) is 6.61 Å². The van der Waals surface area contributed by atoms with Crippen LogP contribution in [0, 0.1) is 0 Å². The van der Waals surface area contributed by atoms with Crippen molar-refractivity contribution >= 4 is 5.91 Å². The van der Waals surface area contributed by atoms with E-state index in [9.17, 15) is 4.79 Å². The molecule has 2 aliphatic heterocycles. The van der Waals surface area contributed by atoms with Gasteiger partial charge in [-0.05, 0) is 49.2 Å². The van der Waals surface area contributed by atoms with Crippen LogP contribution in [0.3, 0.4) is 0 Å². The monoisotopic (exact) mass is 366 g/mol. The first-order valence-corrected chi connectivity index (χ1v) is 9.62. The predicted octanol–water partition coefficient (Wildman–Crippen LogP) is 3.19. The molecule has 2 aromatic rings. The van der Waals surface area contributed by atoms with E-state index < -0.39 is 0 Å². The number of para-hydroxylation sites is 2. The standard InChI is InChI=1S/C22H26N2O3/c1-26-20-6-2-3-7-21(20)27-16-17-8-10-18(11-9-17)22(25)24-14-13-23-12-4-5-19(23)15-24/h2-3,6-11,19H,4-5,12-16H2,1H3/t19-/m1/s1. The number of carbonyl (C=O) groups excluding carboxylic acids is 1. The Morgan fingerprint density at radius 2 is 1.81 bits per heavy atom. The number of fused-ring (bicyclic) bond motifs is 1. The minimum Gasteiger partial charge on any atom is -0.493 e. The van der Waals surface area contributed by atoms with Crippen molar-refractivity contribution in [1.82, 2.24) is 9.80 Å². The van der Waals surface area contributed by atoms with Gasteiger partial charge in [0.1, 0.15) is 6.61 Å². The Morgan fingerprint density at radius 1 is 1.04 bits per heavy atom. The van der Waals surface area contributed by atoms with Gasteiger partial charge in [0.2, 0.25) is 0 Å². The number of benzene rings is 2. The number of piperazine rings is 1. The first kappa shape index (κ1) is 17.9. The number of methoxy groups -OCH3 is 1. The quantitative estimate of drug-likeness (QED) is 0.815. The molecule has 4 rings (SSSR count). The van der Waals surface area contributed by atoms with Gasteiger partial charge in [-0.25, -0.2) is 0 Å². The van der Waals surface area contributed by atoms with Crippen LogP contribution < -0.4 is 9.47 Å². The van der Waals surface area contributed by atoms with Crippen molar-refractivity contribution in [2.45, 2.75) is 25.5 Å². The summed E-state index contributed by atoms with van der Waals surface area (Å²) in [5.74, 6) is 1.57. The molecule has 2 aliphatic rings. The summed E-state index contributed by atoms with van der Waals surface area (Å²) in [6.07, 6.45) is 2.47. The number of rotatable bonds is 5. The first-order valence-electron chi connectivity index (χ1n) is 9.62. The molecule has 0 radical (unpaired) electrons. The highest BCUT2D eigenvalue weighted by Gasteiger charge is 2.32. The van der Waals surface area contributed by atoms with Gasteiger partial charge in [0.25, 0.3) is 5.91 Å². The molecule has 5 nitrogen and oxygen atoms in total. The largest absolute Gasteiger partial charge is 0.493 e. The number of hydrogen-bond acceptors (Lipinski definition) is 4. The van der Waals surface area contributed by atoms with E-state index in [1.54, 1.807) is 7.11 Å². The van der Waals surface area contributed by atoms with Crippen molar-refractivity contribution in [3.8, 4) is 11.5 Å². The maximum atomic E-state index is 12.8. The number of ether oxygens (including phenoxy) is 2. The van der Waals surface area contributed by atoms with Gasteiger partial charge in [0.05, 0.1) is 7.11 Å². The Bertz CT molecular complexity index is 790. The van der Waals surface area contributed by atoms with Gasteiger partial charge in [-0.3, -0.25) is 9.69 Å². The van der Waals surface area contributed by atoms with Crippen LogP contribution in [0.2, 0.25) is 0 Å². The van der Waals surface area contributed by atoms with E-state index in [4.69, 9.17) is 9.47 Å². The van der Waals surface area contributed by atoms with Crippen LogP contribution in [0.1, 0.15) is 28.8 Å². The van der Waals surface area contributed by atoms with Gasteiger partial charge in [0, 0.05) is 31.2 Å². The Balaban J connectivity index is 1.36. The third kappa shape index (κ3) is 3.93. The average molecular weight is 366 g/mol. The zero-order chi connectivity index (χ0) is 18.6. The van der Waals surface area contributed by atoms with E-state index in [0.717, 1.165) is 42.3 Å². The van der Waals surface area contributed by atoms with Crippen molar-refractivity contribution in [3.63, 3.8) is 0 Å². The van der Waals surface area contributed by atoms with Gasteiger partial charge in [-0.15, -0.1) is 0 Å². The average Bonchev–Trinajstić information content (AvgIpc) is 3.20. The SMILES string of the molecule is COc1ccccc1OCc1ccc(C(=O)N2CCN3CCC[C@@H]3C2)cc1. The summed E-state index contributed by atoms with van der Waals surface area (Å²) in [7, 11) is 1.63. The van der Waals surface area contributed by atoms with Crippen LogP contribution in [0.15, 0.2) is 48.5 Å². The molecule has 27 heavy (non-hydrogen) atoms. The fourth-order valence-corrected chi connectivity index (χ4v) is 4.00. The molecule has 142 valence electrons. The van der Waals surface area contributed by atoms with Gasteiger partial charge in [-0.1, -0.05) is 24.3 Å². The van der Waals surface area contributed by atoms with Crippen molar-refractivity contribution in [2.24, 2.45) is 0 Å². The lowest BCUT2D eigenvalue weighted by Gasteiger charge is -2.37. The molecular weight excluding hydrogens is 340 g/mol. The van der Waals surface area contributed by atoms with Crippen molar-refractivity contribution in [2.75, 3.05) is 33.3 Å². The second-order valence-corrected chi connectivity index (χ2v) is 7.22. The lowest BCUT2D eigenvalue weighted by Crippen LogP contribution is -2.52. The third-order valence-corrected chi connectivity index (χ3v) is 5.54. The maximum Gasteiger partial charge on any atom is 0.253 e. The fourth-order valence-electron chi connectivity index (χ4n) is 4.00. The van der Waals surface area contributed by atoms with Crippen molar-refractivity contribution < 1.29 is 14.3 Å². The summed E-state index contributed by atoms with van der Waals surface area (Å²) < 4.78 is 11.2. The van der Waals surface area contributed by atoms with Gasteiger partial charge in [0.15, 0.2) is 11.5 Å². The summed E-state index contributed by atoms with van der Waals surface area (Å²) in [6.45, 7) is 4.32. The van der Waals surface area contributed by atoms with E-state index >= 15 is 0 Å². The van der Waals surface area contributed by atoms with E-state index in [1.807, 2.05) is 53.4 Å². The van der Waals surface area contributed by atoms with Crippen LogP contribution in [-0.4, -0.2) is 55.0 Å². The van der Waals surface area contributed by atoms with Crippen LogP contribution in [0.5, 0.6) is 11.5 Å². The molecular formula is C22H26N2O3. The molecule has 0 N–H and O–H groups in total. The minimum absolute atomic E-state index is 0.138. The Morgan fingerprint density at radius 3 is 2.59 bits per heavy atom. The highest BCUT2D eigenvalue weighted by Crippen LogP contribution is 2.27. The van der Waals surface area contributed by atoms with Gasteiger partial charge >= 0.3 is 0 Å². The molecule has 0 aromatic heterocycles. The summed E-state index contributed by atoms with van der Waals surface area (Å²) in [6, 6.07) is 15.9. The summed E-state index contributed by atoms with van der Waals surface area (Å²) in [5.41, 5.74) is 1.78. The van der Waals surface area contributed by atoms with Gasteiger partial charge in [-0.2, -0.15) is 0 Å². The minimum atomic E-state index is 0.138. The molecule has 2 aromatic carbocycles. The maximum absolute atomic E-state index is 12.8. The number of hydrogen-bond donors (Lipinski definition) is 0. The van der Waals surface area contributed by atoms with Crippen LogP contribution in [0.4, 0.5) is 0 Å². The Kier molecular flexibility index (Phi) is 5.30. The third-order valence-electron chi connectivity index (χ3n) is 5.54. The highest BCUT2D eigenvalue weighted by molar-refractivity contribution is 5.94. The second-order valence-electron chi connectivity index (χ2n) is 7.22. The van der Waals surface area contributed by atoms with E-state index in [1.165, 1.54) is 19.4 Å². The lowest BCUT2D eigenvalue weighted by atomic mass is 10.1. The summed E-state index contributed by atoms with van der Waals surface area (Å²) in [5, 5.41) is 0. The number of nitrogens with zero attached hydrogens (tertiary/aromatic N) is 2. The normalized spacial score (nSPS) is 19.6. The number of amides is 1. The zero-order valence-electron chi connectivity index (χ0n) is 15.8. The van der Waals surface area contributed by atoms with Crippen LogP contribution in [0.25, 0.3) is 0 Å². The first-order chi connectivity index (χ1) is 13.2. The van der Waals surface area contributed by atoms with E-state index in [2.05, 4.69) is 4.90 Å². The van der Waals surface area contributed by atoms with E-state index in [-0.39, 0.29) is 5.91 Å². The van der Waals surface area contributed by atoms with Crippen molar-refractivity contribution in [3.05, 3.63) is 59.7 Å². The lowest BCUT2D eigenvalue weighted by molar-refractivity contribution is 0.0571. The van der Waals surface area contributed by atoms with Crippen LogP contribution >= 0.6 is 0 Å². The summed E-state index contributed by atoms with van der Waals surface area (Å²) >= 11 is 0. The molecule has 0 bridgehead atoms. The smallest absolute Gasteiger partial charge is 0.253 e. The zero-order valence-corrected chi connectivity index (χ0v) is 15.8. The molecule has 0 unspecified atom stereocenters. The molecule has 2 saturated heterocycles. The molecule has 0 spiro atoms. The topological polar surface area (TPSA) is 42.0 Å². The second kappa shape index (κ2) is 8.01. The molecule has 5 heteroatoms. The molecule has 2 heterocycles. The Labute approximate surface area is 160 Å². The van der Waals surface area contributed by atoms with E-state index in [0.29, 0.717) is 12.6 Å². The molecule has 0 aliphatic carbocycles. The Hall–Kier alpha value is -2.53. The molecule has 1 amide bonds. The predicted molar refractivity (Wildman–Crippen MR) is 104 cm³/mol. The molecule has 1 atom stereocenters. The molecule has 0 saturated carbocycles.